The Balaban J connectivity index is 2.43. The predicted molar refractivity (Wildman–Crippen MR) is 80.1 cm³/mol. The van der Waals surface area contributed by atoms with Crippen LogP contribution in [-0.2, 0) is 0 Å². The van der Waals surface area contributed by atoms with Gasteiger partial charge in [-0.1, -0.05) is 0 Å². The molecule has 0 saturated carbocycles. The smallest absolute Gasteiger partial charge is 0.291 e. The summed E-state index contributed by atoms with van der Waals surface area (Å²) in [6, 6.07) is 5.03. The molecule has 1 heterocycles. The summed E-state index contributed by atoms with van der Waals surface area (Å²) < 4.78 is 6.06. The van der Waals surface area contributed by atoms with Crippen LogP contribution in [0.15, 0.2) is 28.9 Å². The van der Waals surface area contributed by atoms with Crippen molar-refractivity contribution in [3.63, 3.8) is 0 Å². The first-order valence-corrected chi connectivity index (χ1v) is 6.79. The Morgan fingerprint density at radius 2 is 2.10 bits per heavy atom. The highest BCUT2D eigenvalue weighted by Gasteiger charge is 2.19. The van der Waals surface area contributed by atoms with E-state index in [0.29, 0.717) is 27.7 Å². The van der Waals surface area contributed by atoms with Crippen LogP contribution < -0.4 is 4.74 Å². The van der Waals surface area contributed by atoms with Crippen molar-refractivity contribution in [1.82, 2.24) is 9.88 Å². The third-order valence-corrected chi connectivity index (χ3v) is 3.43. The summed E-state index contributed by atoms with van der Waals surface area (Å²) in [6.45, 7) is 1.22. The molecule has 0 bridgehead atoms. The van der Waals surface area contributed by atoms with Gasteiger partial charge in [0.25, 0.3) is 5.69 Å². The summed E-state index contributed by atoms with van der Waals surface area (Å²) in [7, 11) is 3.89. The highest BCUT2D eigenvalue weighted by Crippen LogP contribution is 2.36. The Kier molecular flexibility index (Phi) is 4.51. The number of pyridine rings is 1. The Morgan fingerprint density at radius 1 is 1.35 bits per heavy atom. The van der Waals surface area contributed by atoms with Gasteiger partial charge in [-0.05, 0) is 48.2 Å². The van der Waals surface area contributed by atoms with E-state index in [4.69, 9.17) is 4.74 Å². The largest absolute Gasteiger partial charge is 0.476 e. The summed E-state index contributed by atoms with van der Waals surface area (Å²) in [5, 5.41) is 12.3. The van der Waals surface area contributed by atoms with E-state index in [1.165, 1.54) is 6.20 Å². The highest BCUT2D eigenvalue weighted by molar-refractivity contribution is 9.10. The Bertz CT molecular complexity index is 646. The predicted octanol–water partition coefficient (Wildman–Crippen LogP) is 2.85. The lowest BCUT2D eigenvalue weighted by Crippen LogP contribution is -2.19. The first kappa shape index (κ1) is 14.7. The number of likely N-dealkylation sites (N-methyl/N-ethyl adjacent to an activating group) is 1. The van der Waals surface area contributed by atoms with Crippen LogP contribution in [-0.4, -0.2) is 42.1 Å². The van der Waals surface area contributed by atoms with Crippen molar-refractivity contribution in [1.29, 1.82) is 0 Å². The van der Waals surface area contributed by atoms with E-state index in [2.05, 4.69) is 20.9 Å². The average molecular weight is 340 g/mol. The molecule has 20 heavy (non-hydrogen) atoms. The number of aromatic nitrogens is 1. The Morgan fingerprint density at radius 3 is 2.75 bits per heavy atom. The maximum absolute atomic E-state index is 11.2. The second-order valence-electron chi connectivity index (χ2n) is 4.52. The maximum Gasteiger partial charge on any atom is 0.291 e. The van der Waals surface area contributed by atoms with E-state index in [1.54, 1.807) is 18.2 Å². The van der Waals surface area contributed by atoms with Gasteiger partial charge in [-0.15, -0.1) is 0 Å². The van der Waals surface area contributed by atoms with Gasteiger partial charge in [-0.25, -0.2) is 4.98 Å². The zero-order valence-electron chi connectivity index (χ0n) is 11.2. The normalized spacial score (nSPS) is 11.0. The zero-order chi connectivity index (χ0) is 14.7. The van der Waals surface area contributed by atoms with Gasteiger partial charge in [0.1, 0.15) is 6.61 Å². The molecule has 0 atom stereocenters. The standard InChI is InChI=1S/C13H14BrN3O3/c1-16(2)7-8-20-13-10-3-4-11(14)12(17(18)19)9(10)5-6-15-13/h3-6H,7-8H2,1-2H3. The number of nitro benzene ring substituents is 1. The molecule has 0 aliphatic rings. The molecule has 0 aliphatic heterocycles. The number of nitro groups is 1. The van der Waals surface area contributed by atoms with E-state index in [-0.39, 0.29) is 5.69 Å². The molecule has 0 spiro atoms. The second-order valence-corrected chi connectivity index (χ2v) is 5.37. The summed E-state index contributed by atoms with van der Waals surface area (Å²) in [5.74, 6) is 0.417. The second kappa shape index (κ2) is 6.15. The van der Waals surface area contributed by atoms with E-state index < -0.39 is 4.92 Å². The number of benzene rings is 1. The van der Waals surface area contributed by atoms with E-state index in [9.17, 15) is 10.1 Å². The summed E-state index contributed by atoms with van der Waals surface area (Å²) in [4.78, 5) is 16.9. The van der Waals surface area contributed by atoms with Crippen LogP contribution >= 0.6 is 15.9 Å². The van der Waals surface area contributed by atoms with E-state index >= 15 is 0 Å². The summed E-state index contributed by atoms with van der Waals surface area (Å²) >= 11 is 3.20. The lowest BCUT2D eigenvalue weighted by molar-refractivity contribution is -0.383. The SMILES string of the molecule is CN(C)CCOc1nccc2c([N+](=O)[O-])c(Br)ccc12. The third-order valence-electron chi connectivity index (χ3n) is 2.79. The van der Waals surface area contributed by atoms with Crippen LogP contribution in [0.4, 0.5) is 5.69 Å². The molecule has 0 amide bonds. The molecular formula is C13H14BrN3O3. The fourth-order valence-corrected chi connectivity index (χ4v) is 2.30. The lowest BCUT2D eigenvalue weighted by atomic mass is 10.1. The van der Waals surface area contributed by atoms with Gasteiger partial charge < -0.3 is 9.64 Å². The maximum atomic E-state index is 11.2. The van der Waals surface area contributed by atoms with Gasteiger partial charge in [0, 0.05) is 12.7 Å². The van der Waals surface area contributed by atoms with Crippen LogP contribution in [0.1, 0.15) is 0 Å². The number of ether oxygens (including phenoxy) is 1. The first-order chi connectivity index (χ1) is 9.50. The molecule has 0 saturated heterocycles. The molecule has 6 nitrogen and oxygen atoms in total. The molecule has 106 valence electrons. The van der Waals surface area contributed by atoms with Gasteiger partial charge in [-0.2, -0.15) is 0 Å². The Hall–Kier alpha value is -1.73. The molecule has 0 N–H and O–H groups in total. The number of hydrogen-bond donors (Lipinski definition) is 0. The van der Waals surface area contributed by atoms with Gasteiger partial charge in [0.15, 0.2) is 0 Å². The zero-order valence-corrected chi connectivity index (χ0v) is 12.8. The van der Waals surface area contributed by atoms with Crippen molar-refractivity contribution in [2.45, 2.75) is 0 Å². The van der Waals surface area contributed by atoms with Crippen molar-refractivity contribution in [2.75, 3.05) is 27.2 Å². The minimum absolute atomic E-state index is 0.0300. The molecule has 0 fully saturated rings. The molecular weight excluding hydrogens is 326 g/mol. The number of nitrogens with zero attached hydrogens (tertiary/aromatic N) is 3. The summed E-state index contributed by atoms with van der Waals surface area (Å²) in [5.41, 5.74) is 0.0300. The number of fused-ring (bicyclic) bond motifs is 1. The van der Waals surface area contributed by atoms with Crippen molar-refractivity contribution in [3.8, 4) is 5.88 Å². The van der Waals surface area contributed by atoms with Crippen LogP contribution in [0.25, 0.3) is 10.8 Å². The molecule has 1 aromatic carbocycles. The van der Waals surface area contributed by atoms with E-state index in [0.717, 1.165) is 6.54 Å². The third kappa shape index (κ3) is 3.05. The van der Waals surface area contributed by atoms with Crippen molar-refractivity contribution < 1.29 is 9.66 Å². The monoisotopic (exact) mass is 339 g/mol. The lowest BCUT2D eigenvalue weighted by Gasteiger charge is -2.12. The minimum atomic E-state index is -0.407. The van der Waals surface area contributed by atoms with Crippen molar-refractivity contribution in [3.05, 3.63) is 39.0 Å². The van der Waals surface area contributed by atoms with Crippen LogP contribution in [0.2, 0.25) is 0 Å². The molecule has 0 unspecified atom stereocenters. The Labute approximate surface area is 124 Å². The number of hydrogen-bond acceptors (Lipinski definition) is 5. The number of rotatable bonds is 5. The van der Waals surface area contributed by atoms with Crippen molar-refractivity contribution in [2.24, 2.45) is 0 Å². The topological polar surface area (TPSA) is 68.5 Å². The number of halogens is 1. The van der Waals surface area contributed by atoms with Gasteiger partial charge in [0.05, 0.1) is 20.2 Å². The van der Waals surface area contributed by atoms with Crippen LogP contribution in [0.3, 0.4) is 0 Å². The fourth-order valence-electron chi connectivity index (χ4n) is 1.81. The average Bonchev–Trinajstić information content (AvgIpc) is 2.37. The molecule has 2 rings (SSSR count). The quantitative estimate of drug-likeness (QED) is 0.618. The van der Waals surface area contributed by atoms with E-state index in [1.807, 2.05) is 19.0 Å². The molecule has 1 aromatic heterocycles. The highest BCUT2D eigenvalue weighted by atomic mass is 79.9. The first-order valence-electron chi connectivity index (χ1n) is 6.00. The van der Waals surface area contributed by atoms with Gasteiger partial charge in [-0.3, -0.25) is 10.1 Å². The molecule has 2 aromatic rings. The summed E-state index contributed by atoms with van der Waals surface area (Å²) in [6.07, 6.45) is 1.52. The molecule has 0 aliphatic carbocycles. The molecule has 7 heteroatoms. The fraction of sp³-hybridized carbons (Fsp3) is 0.308. The van der Waals surface area contributed by atoms with Gasteiger partial charge in [0.2, 0.25) is 5.88 Å². The minimum Gasteiger partial charge on any atom is -0.476 e. The van der Waals surface area contributed by atoms with Gasteiger partial charge >= 0.3 is 0 Å². The van der Waals surface area contributed by atoms with Crippen LogP contribution in [0.5, 0.6) is 5.88 Å². The van der Waals surface area contributed by atoms with Crippen molar-refractivity contribution >= 4 is 32.4 Å². The van der Waals surface area contributed by atoms with Crippen LogP contribution in [0, 0.1) is 10.1 Å². The molecule has 0 radical (unpaired) electrons.